The summed E-state index contributed by atoms with van der Waals surface area (Å²) in [5, 5.41) is 17.5. The molecule has 0 radical (unpaired) electrons. The predicted octanol–water partition coefficient (Wildman–Crippen LogP) is 1.77. The van der Waals surface area contributed by atoms with E-state index >= 15 is 0 Å². The first-order valence-electron chi connectivity index (χ1n) is 6.14. The molecule has 3 heterocycles. The molecular weight excluding hydrogens is 300 g/mol. The van der Waals surface area contributed by atoms with Crippen molar-refractivity contribution in [3.05, 3.63) is 33.0 Å². The van der Waals surface area contributed by atoms with Crippen molar-refractivity contribution >= 4 is 28.9 Å². The van der Waals surface area contributed by atoms with E-state index in [2.05, 4.69) is 10.2 Å². The number of aromatic nitrogens is 3. The summed E-state index contributed by atoms with van der Waals surface area (Å²) in [6, 6.07) is 3.18. The van der Waals surface area contributed by atoms with Crippen LogP contribution in [0.5, 0.6) is 0 Å². The first-order valence-corrected chi connectivity index (χ1v) is 7.34. The molecule has 8 heteroatoms. The quantitative estimate of drug-likeness (QED) is 0.935. The van der Waals surface area contributed by atoms with E-state index in [4.69, 9.17) is 11.6 Å². The molecule has 1 atom stereocenters. The van der Waals surface area contributed by atoms with Gasteiger partial charge in [0.15, 0.2) is 0 Å². The molecule has 3 rings (SSSR count). The Balaban J connectivity index is 1.87. The van der Waals surface area contributed by atoms with Crippen molar-refractivity contribution in [2.45, 2.75) is 32.6 Å². The molecule has 106 valence electrons. The van der Waals surface area contributed by atoms with Gasteiger partial charge in [0, 0.05) is 11.4 Å². The first-order chi connectivity index (χ1) is 9.54. The van der Waals surface area contributed by atoms with E-state index < -0.39 is 12.0 Å². The van der Waals surface area contributed by atoms with Gasteiger partial charge in [-0.3, -0.25) is 9.69 Å². The Morgan fingerprint density at radius 3 is 3.00 bits per heavy atom. The van der Waals surface area contributed by atoms with Crippen LogP contribution in [0.15, 0.2) is 12.1 Å². The lowest BCUT2D eigenvalue weighted by Crippen LogP contribution is -2.47. The molecule has 20 heavy (non-hydrogen) atoms. The standard InChI is InChI=1S/C12H13ClN4O2S/c1-7-14-15-11-6-16(4-8-2-3-10(13)20-8)9(12(18)19)5-17(7)11/h2-3,9H,4-6H2,1H3,(H,18,19). The van der Waals surface area contributed by atoms with E-state index in [9.17, 15) is 9.90 Å². The summed E-state index contributed by atoms with van der Waals surface area (Å²) in [4.78, 5) is 14.4. The van der Waals surface area contributed by atoms with Crippen molar-refractivity contribution in [3.8, 4) is 0 Å². The molecule has 2 aromatic heterocycles. The number of carbonyl (C=O) groups is 1. The molecule has 0 bridgehead atoms. The highest BCUT2D eigenvalue weighted by atomic mass is 35.5. The van der Waals surface area contributed by atoms with Crippen LogP contribution in [0.2, 0.25) is 4.34 Å². The Morgan fingerprint density at radius 2 is 2.35 bits per heavy atom. The largest absolute Gasteiger partial charge is 0.480 e. The summed E-state index contributed by atoms with van der Waals surface area (Å²) >= 11 is 7.39. The van der Waals surface area contributed by atoms with E-state index in [-0.39, 0.29) is 0 Å². The fourth-order valence-corrected chi connectivity index (χ4v) is 3.51. The van der Waals surface area contributed by atoms with Crippen LogP contribution in [0.25, 0.3) is 0 Å². The Labute approximate surface area is 124 Å². The molecule has 1 unspecified atom stereocenters. The molecule has 0 aromatic carbocycles. The highest BCUT2D eigenvalue weighted by molar-refractivity contribution is 7.16. The van der Waals surface area contributed by atoms with Crippen LogP contribution in [0.1, 0.15) is 16.5 Å². The minimum absolute atomic E-state index is 0.378. The summed E-state index contributed by atoms with van der Waals surface area (Å²) in [5.41, 5.74) is 0. The number of hydrogen-bond acceptors (Lipinski definition) is 5. The maximum atomic E-state index is 11.5. The second-order valence-electron chi connectivity index (χ2n) is 4.74. The summed E-state index contributed by atoms with van der Waals surface area (Å²) in [6.45, 7) is 3.25. The predicted molar refractivity (Wildman–Crippen MR) is 74.8 cm³/mol. The SMILES string of the molecule is Cc1nnc2n1CC(C(=O)O)N(Cc1ccc(Cl)s1)C2. The van der Waals surface area contributed by atoms with Gasteiger partial charge in [-0.25, -0.2) is 0 Å². The van der Waals surface area contributed by atoms with Crippen LogP contribution in [-0.2, 0) is 24.4 Å². The third-order valence-electron chi connectivity index (χ3n) is 3.43. The highest BCUT2D eigenvalue weighted by Gasteiger charge is 2.33. The van der Waals surface area contributed by atoms with Crippen LogP contribution < -0.4 is 0 Å². The van der Waals surface area contributed by atoms with Gasteiger partial charge in [-0.15, -0.1) is 21.5 Å². The molecule has 0 spiro atoms. The second-order valence-corrected chi connectivity index (χ2v) is 6.54. The van der Waals surface area contributed by atoms with Crippen molar-refractivity contribution in [1.82, 2.24) is 19.7 Å². The maximum Gasteiger partial charge on any atom is 0.322 e. The van der Waals surface area contributed by atoms with Crippen molar-refractivity contribution in [2.24, 2.45) is 0 Å². The van der Waals surface area contributed by atoms with Gasteiger partial charge in [-0.05, 0) is 19.1 Å². The topological polar surface area (TPSA) is 71.2 Å². The van der Waals surface area contributed by atoms with Crippen LogP contribution in [0.4, 0.5) is 0 Å². The number of carboxylic acids is 1. The van der Waals surface area contributed by atoms with E-state index in [1.54, 1.807) is 0 Å². The molecule has 1 N–H and O–H groups in total. The van der Waals surface area contributed by atoms with Crippen molar-refractivity contribution in [1.29, 1.82) is 0 Å². The zero-order valence-corrected chi connectivity index (χ0v) is 12.4. The third kappa shape index (κ3) is 2.44. The number of halogens is 1. The minimum Gasteiger partial charge on any atom is -0.480 e. The monoisotopic (exact) mass is 312 g/mol. The first kappa shape index (κ1) is 13.5. The Bertz CT molecular complexity index is 654. The summed E-state index contributed by atoms with van der Waals surface area (Å²) in [6.07, 6.45) is 0. The normalized spacial score (nSPS) is 19.0. The van der Waals surface area contributed by atoms with Crippen molar-refractivity contribution in [3.63, 3.8) is 0 Å². The molecular formula is C12H13ClN4O2S. The number of fused-ring (bicyclic) bond motifs is 1. The molecule has 1 aliphatic heterocycles. The van der Waals surface area contributed by atoms with Gasteiger partial charge in [0.1, 0.15) is 17.7 Å². The summed E-state index contributed by atoms with van der Waals surface area (Å²) < 4.78 is 2.58. The van der Waals surface area contributed by atoms with Crippen LogP contribution >= 0.6 is 22.9 Å². The van der Waals surface area contributed by atoms with Gasteiger partial charge in [0.2, 0.25) is 0 Å². The minimum atomic E-state index is -0.827. The fraction of sp³-hybridized carbons (Fsp3) is 0.417. The molecule has 0 aliphatic carbocycles. The second kappa shape index (κ2) is 5.16. The van der Waals surface area contributed by atoms with Gasteiger partial charge in [-0.2, -0.15) is 0 Å². The van der Waals surface area contributed by atoms with Gasteiger partial charge < -0.3 is 9.67 Å². The Hall–Kier alpha value is -1.44. The number of thiophene rings is 1. The van der Waals surface area contributed by atoms with E-state index in [1.807, 2.05) is 28.5 Å². The average Bonchev–Trinajstić information content (AvgIpc) is 2.96. The van der Waals surface area contributed by atoms with Gasteiger partial charge in [0.25, 0.3) is 0 Å². The molecule has 0 amide bonds. The van der Waals surface area contributed by atoms with Gasteiger partial charge >= 0.3 is 5.97 Å². The molecule has 1 aliphatic rings. The Kier molecular flexibility index (Phi) is 3.49. The summed E-state index contributed by atoms with van der Waals surface area (Å²) in [7, 11) is 0. The molecule has 0 fully saturated rings. The Morgan fingerprint density at radius 1 is 1.55 bits per heavy atom. The van der Waals surface area contributed by atoms with Crippen LogP contribution in [-0.4, -0.2) is 36.8 Å². The average molecular weight is 313 g/mol. The lowest BCUT2D eigenvalue weighted by molar-refractivity contribution is -0.145. The number of hydrogen-bond donors (Lipinski definition) is 1. The number of aliphatic carboxylic acids is 1. The van der Waals surface area contributed by atoms with Gasteiger partial charge in [-0.1, -0.05) is 11.6 Å². The van der Waals surface area contributed by atoms with Crippen LogP contribution in [0, 0.1) is 6.92 Å². The number of aryl methyl sites for hydroxylation is 1. The lowest BCUT2D eigenvalue weighted by atomic mass is 10.2. The third-order valence-corrected chi connectivity index (χ3v) is 4.64. The number of carboxylic acid groups (broad SMARTS) is 1. The molecule has 0 saturated heterocycles. The number of nitrogens with zero attached hydrogens (tertiary/aromatic N) is 4. The van der Waals surface area contributed by atoms with E-state index in [0.29, 0.717) is 24.0 Å². The summed E-state index contributed by atoms with van der Waals surface area (Å²) in [5.74, 6) is 0.735. The van der Waals surface area contributed by atoms with E-state index in [1.165, 1.54) is 11.3 Å². The maximum absolute atomic E-state index is 11.5. The molecule has 6 nitrogen and oxygen atoms in total. The molecule has 0 saturated carbocycles. The van der Waals surface area contributed by atoms with E-state index in [0.717, 1.165) is 16.5 Å². The van der Waals surface area contributed by atoms with Crippen molar-refractivity contribution in [2.75, 3.05) is 0 Å². The zero-order chi connectivity index (χ0) is 14.3. The lowest BCUT2D eigenvalue weighted by Gasteiger charge is -2.33. The van der Waals surface area contributed by atoms with Gasteiger partial charge in [0.05, 0.1) is 17.4 Å². The fourth-order valence-electron chi connectivity index (χ4n) is 2.40. The highest BCUT2D eigenvalue weighted by Crippen LogP contribution is 2.26. The molecule has 2 aromatic rings. The smallest absolute Gasteiger partial charge is 0.322 e. The van der Waals surface area contributed by atoms with Crippen LogP contribution in [0.3, 0.4) is 0 Å². The van der Waals surface area contributed by atoms with Crippen molar-refractivity contribution < 1.29 is 9.90 Å². The number of rotatable bonds is 3. The zero-order valence-electron chi connectivity index (χ0n) is 10.8.